The van der Waals surface area contributed by atoms with Gasteiger partial charge in [0.25, 0.3) is 0 Å². The first-order chi connectivity index (χ1) is 15.8. The molecule has 0 radical (unpaired) electrons. The van der Waals surface area contributed by atoms with Gasteiger partial charge in [0.15, 0.2) is 0 Å². The van der Waals surface area contributed by atoms with Crippen LogP contribution in [0.5, 0.6) is 0 Å². The average molecular weight is 435 g/mol. The highest BCUT2D eigenvalue weighted by atomic mass is 28.3. The molecule has 0 saturated carbocycles. The number of rotatable bonds is 6. The highest BCUT2D eigenvalue weighted by Crippen LogP contribution is 2.32. The van der Waals surface area contributed by atoms with Crippen LogP contribution in [0.1, 0.15) is 11.1 Å². The summed E-state index contributed by atoms with van der Waals surface area (Å²) in [6.45, 7) is 4.70. The predicted octanol–water partition coefficient (Wildman–Crippen LogP) is 5.48. The largest absolute Gasteiger partial charge is 0.317 e. The lowest BCUT2D eigenvalue weighted by atomic mass is 10.1. The van der Waals surface area contributed by atoms with E-state index in [-0.39, 0.29) is 0 Å². The molecule has 2 heteroatoms. The molecule has 0 atom stereocenters. The summed E-state index contributed by atoms with van der Waals surface area (Å²) in [7, 11) is -1.77. The Balaban J connectivity index is 1.50. The van der Waals surface area contributed by atoms with E-state index in [1.807, 2.05) is 0 Å². The minimum atomic E-state index is -1.77. The van der Waals surface area contributed by atoms with Gasteiger partial charge in [0.05, 0.1) is 13.1 Å². The molecule has 0 aliphatic carbocycles. The zero-order valence-corrected chi connectivity index (χ0v) is 19.7. The molecule has 0 spiro atoms. The topological polar surface area (TPSA) is 0 Å². The number of quaternary nitrogens is 1. The van der Waals surface area contributed by atoms with Gasteiger partial charge in [0, 0.05) is 23.2 Å². The van der Waals surface area contributed by atoms with Gasteiger partial charge in [-0.2, -0.15) is 0 Å². The second-order valence-electron chi connectivity index (χ2n) is 9.39. The molecular weight excluding hydrogens is 402 g/mol. The summed E-state index contributed by atoms with van der Waals surface area (Å²) in [5, 5.41) is 3.20. The molecule has 1 aliphatic rings. The van der Waals surface area contributed by atoms with E-state index in [1.54, 1.807) is 10.4 Å². The Hall–Kier alpha value is -2.94. The van der Waals surface area contributed by atoms with Gasteiger partial charge in [-0.1, -0.05) is 132 Å². The smallest absolute Gasteiger partial charge is 0.129 e. The van der Waals surface area contributed by atoms with Gasteiger partial charge in [-0.3, -0.25) is 0 Å². The molecule has 0 aromatic heterocycles. The Morgan fingerprint density at radius 3 is 1.19 bits per heavy atom. The van der Waals surface area contributed by atoms with Crippen molar-refractivity contribution in [2.24, 2.45) is 0 Å². The third kappa shape index (κ3) is 4.34. The van der Waals surface area contributed by atoms with E-state index < -0.39 is 8.07 Å². The summed E-state index contributed by atoms with van der Waals surface area (Å²) >= 11 is 0. The first-order valence-corrected chi connectivity index (χ1v) is 14.2. The summed E-state index contributed by atoms with van der Waals surface area (Å²) in [6, 6.07) is 47.7. The maximum atomic E-state index is 2.40. The van der Waals surface area contributed by atoms with E-state index in [9.17, 15) is 0 Å². The molecule has 4 aromatic rings. The first kappa shape index (κ1) is 20.9. The number of hydrogen-bond donors (Lipinski definition) is 0. The molecule has 0 N–H and O–H groups in total. The van der Waals surface area contributed by atoms with Gasteiger partial charge in [-0.05, 0) is 0 Å². The minimum absolute atomic E-state index is 1.11. The lowest BCUT2D eigenvalue weighted by Gasteiger charge is -2.48. The number of nitrogens with zero attached hydrogens (tertiary/aromatic N) is 1. The maximum absolute atomic E-state index is 2.40. The Morgan fingerprint density at radius 2 is 0.812 bits per heavy atom. The maximum Gasteiger partial charge on any atom is 0.129 e. The summed E-state index contributed by atoms with van der Waals surface area (Å²) < 4.78 is 1.16. The van der Waals surface area contributed by atoms with Crippen LogP contribution in [0.2, 0.25) is 12.1 Å². The zero-order chi connectivity index (χ0) is 21.7. The Bertz CT molecular complexity index is 1020. The number of hydrogen-bond acceptors (Lipinski definition) is 0. The lowest BCUT2D eigenvalue weighted by Crippen LogP contribution is -2.67. The average Bonchev–Trinajstić information content (AvgIpc) is 2.87. The van der Waals surface area contributed by atoms with Crippen LogP contribution in [0, 0.1) is 0 Å². The molecule has 32 heavy (non-hydrogen) atoms. The van der Waals surface area contributed by atoms with Crippen molar-refractivity contribution < 1.29 is 4.48 Å². The summed E-state index contributed by atoms with van der Waals surface area (Å²) in [4.78, 5) is 0. The van der Waals surface area contributed by atoms with Crippen LogP contribution >= 0.6 is 0 Å². The van der Waals surface area contributed by atoms with E-state index in [4.69, 9.17) is 0 Å². The second kappa shape index (κ2) is 9.28. The Labute approximate surface area is 193 Å². The molecule has 0 bridgehead atoms. The van der Waals surface area contributed by atoms with Crippen LogP contribution in [-0.2, 0) is 13.1 Å². The van der Waals surface area contributed by atoms with E-state index >= 15 is 0 Å². The van der Waals surface area contributed by atoms with Gasteiger partial charge >= 0.3 is 0 Å². The van der Waals surface area contributed by atoms with Crippen LogP contribution in [0.25, 0.3) is 0 Å². The predicted molar refractivity (Wildman–Crippen MR) is 138 cm³/mol. The lowest BCUT2D eigenvalue weighted by molar-refractivity contribution is -0.951. The Kier molecular flexibility index (Phi) is 6.07. The van der Waals surface area contributed by atoms with Crippen molar-refractivity contribution in [2.45, 2.75) is 25.2 Å². The molecule has 0 amide bonds. The molecular formula is C30H32NSi+. The van der Waals surface area contributed by atoms with Gasteiger partial charge in [-0.25, -0.2) is 0 Å². The van der Waals surface area contributed by atoms with Crippen molar-refractivity contribution in [2.75, 3.05) is 13.1 Å². The van der Waals surface area contributed by atoms with Crippen molar-refractivity contribution in [3.05, 3.63) is 132 Å². The summed E-state index contributed by atoms with van der Waals surface area (Å²) in [5.74, 6) is 0. The van der Waals surface area contributed by atoms with Crippen LogP contribution < -0.4 is 10.4 Å². The van der Waals surface area contributed by atoms with Gasteiger partial charge in [0.1, 0.15) is 21.2 Å². The highest BCUT2D eigenvalue weighted by molar-refractivity contribution is 7.02. The summed E-state index contributed by atoms with van der Waals surface area (Å²) in [6.07, 6.45) is 0. The molecule has 5 rings (SSSR count). The van der Waals surface area contributed by atoms with Gasteiger partial charge in [-0.15, -0.1) is 0 Å². The SMILES string of the molecule is c1ccc(C[N+]2(Cc3ccccc3)CC[Si](c3ccccc3)(c3ccccc3)CC2)cc1. The quantitative estimate of drug-likeness (QED) is 0.278. The van der Waals surface area contributed by atoms with Crippen molar-refractivity contribution in [3.63, 3.8) is 0 Å². The highest BCUT2D eigenvalue weighted by Gasteiger charge is 2.46. The van der Waals surface area contributed by atoms with Crippen LogP contribution in [-0.4, -0.2) is 25.6 Å². The fourth-order valence-electron chi connectivity index (χ4n) is 5.66. The van der Waals surface area contributed by atoms with Crippen LogP contribution in [0.3, 0.4) is 0 Å². The molecule has 4 aromatic carbocycles. The fourth-order valence-corrected chi connectivity index (χ4v) is 10.8. The molecule has 0 unspecified atom stereocenters. The van der Waals surface area contributed by atoms with Gasteiger partial charge < -0.3 is 4.48 Å². The molecule has 1 heterocycles. The fraction of sp³-hybridized carbons (Fsp3) is 0.200. The van der Waals surface area contributed by atoms with Crippen LogP contribution in [0.15, 0.2) is 121 Å². The third-order valence-electron chi connectivity index (χ3n) is 7.40. The van der Waals surface area contributed by atoms with E-state index in [1.165, 1.54) is 36.3 Å². The van der Waals surface area contributed by atoms with Crippen LogP contribution in [0.4, 0.5) is 0 Å². The van der Waals surface area contributed by atoms with Crippen molar-refractivity contribution in [1.82, 2.24) is 0 Å². The first-order valence-electron chi connectivity index (χ1n) is 11.8. The van der Waals surface area contributed by atoms with E-state index in [0.29, 0.717) is 0 Å². The van der Waals surface area contributed by atoms with E-state index in [2.05, 4.69) is 121 Å². The Morgan fingerprint density at radius 1 is 0.469 bits per heavy atom. The molecule has 160 valence electrons. The monoisotopic (exact) mass is 434 g/mol. The molecule has 1 saturated heterocycles. The van der Waals surface area contributed by atoms with Crippen molar-refractivity contribution in [1.29, 1.82) is 0 Å². The molecule has 1 nitrogen and oxygen atoms in total. The third-order valence-corrected chi connectivity index (χ3v) is 12.4. The standard InChI is InChI=1S/C30H32NSi/c1-5-13-27(14-6-1)25-31(26-28-15-7-2-8-16-28)21-23-32(24-22-31,29-17-9-3-10-18-29)30-19-11-4-12-20-30/h1-20H,21-26H2/q+1. The molecule has 1 aliphatic heterocycles. The normalized spacial score (nSPS) is 17.0. The number of benzene rings is 4. The molecule has 1 fully saturated rings. The van der Waals surface area contributed by atoms with Gasteiger partial charge in [0.2, 0.25) is 0 Å². The summed E-state index contributed by atoms with van der Waals surface area (Å²) in [5.41, 5.74) is 2.91. The minimum Gasteiger partial charge on any atom is -0.317 e. The van der Waals surface area contributed by atoms with Crippen molar-refractivity contribution in [3.8, 4) is 0 Å². The second-order valence-corrected chi connectivity index (χ2v) is 13.7. The zero-order valence-electron chi connectivity index (χ0n) is 18.7. The van der Waals surface area contributed by atoms with E-state index in [0.717, 1.165) is 17.6 Å². The van der Waals surface area contributed by atoms with Crippen molar-refractivity contribution >= 4 is 18.4 Å².